The van der Waals surface area contributed by atoms with E-state index in [2.05, 4.69) is 52.5 Å². The standard InChI is InChI=1S/C35H54O3/c1-7-9-32(38-23-25-10-13-27(37-6)14-11-25)24(3)29-16-17-30-28-15-12-26-22-35(36,8-2)21-20-33(26,4)31(28)18-19-34(29,30)5/h7,10-11,13-14,24,26,28-32,36H,1,8-9,12,15-23H2,2-6H3/t24-,26+,28-,29+,30-,31-,32?,33-,34+,35+/m0/s1. The van der Waals surface area contributed by atoms with Gasteiger partial charge in [-0.1, -0.05) is 45.9 Å². The fourth-order valence-electron chi connectivity index (χ4n) is 10.3. The monoisotopic (exact) mass is 522 g/mol. The molecule has 1 N–H and O–H groups in total. The van der Waals surface area contributed by atoms with Crippen LogP contribution in [0.15, 0.2) is 36.9 Å². The Labute approximate surface area is 232 Å². The average molecular weight is 523 g/mol. The molecule has 1 aromatic rings. The number of benzene rings is 1. The summed E-state index contributed by atoms with van der Waals surface area (Å²) in [6.45, 7) is 14.7. The second-order valence-corrected chi connectivity index (χ2v) is 14.2. The van der Waals surface area contributed by atoms with Crippen LogP contribution in [-0.2, 0) is 11.3 Å². The number of rotatable bonds is 9. The first-order chi connectivity index (χ1) is 18.2. The van der Waals surface area contributed by atoms with E-state index in [1.807, 2.05) is 12.1 Å². The van der Waals surface area contributed by atoms with Crippen LogP contribution in [0.1, 0.15) is 104 Å². The molecule has 3 nitrogen and oxygen atoms in total. The second kappa shape index (κ2) is 10.9. The maximum Gasteiger partial charge on any atom is 0.118 e. The number of hydrogen-bond donors (Lipinski definition) is 1. The largest absolute Gasteiger partial charge is 0.497 e. The van der Waals surface area contributed by atoms with Crippen LogP contribution in [0.5, 0.6) is 5.75 Å². The highest BCUT2D eigenvalue weighted by Gasteiger charge is 2.61. The van der Waals surface area contributed by atoms with E-state index < -0.39 is 5.60 Å². The van der Waals surface area contributed by atoms with Gasteiger partial charge in [0.25, 0.3) is 0 Å². The highest BCUT2D eigenvalue weighted by Crippen LogP contribution is 2.69. The van der Waals surface area contributed by atoms with Crippen LogP contribution in [0, 0.1) is 46.3 Å². The van der Waals surface area contributed by atoms with E-state index in [1.165, 1.54) is 50.5 Å². The zero-order valence-electron chi connectivity index (χ0n) is 24.9. The molecule has 38 heavy (non-hydrogen) atoms. The molecule has 212 valence electrons. The lowest BCUT2D eigenvalue weighted by Gasteiger charge is -2.62. The van der Waals surface area contributed by atoms with E-state index in [4.69, 9.17) is 9.47 Å². The topological polar surface area (TPSA) is 38.7 Å². The molecule has 4 fully saturated rings. The molecule has 1 aromatic carbocycles. The van der Waals surface area contributed by atoms with Crippen molar-refractivity contribution < 1.29 is 14.6 Å². The minimum absolute atomic E-state index is 0.214. The molecule has 0 aliphatic heterocycles. The van der Waals surface area contributed by atoms with Crippen LogP contribution >= 0.6 is 0 Å². The van der Waals surface area contributed by atoms with Crippen LogP contribution in [0.2, 0.25) is 0 Å². The number of ether oxygens (including phenoxy) is 2. The lowest BCUT2D eigenvalue weighted by molar-refractivity contribution is -0.155. The molecule has 4 aliphatic rings. The molecule has 10 atom stereocenters. The van der Waals surface area contributed by atoms with Gasteiger partial charge in [0.1, 0.15) is 5.75 Å². The highest BCUT2D eigenvalue weighted by atomic mass is 16.5. The molecule has 4 aliphatic carbocycles. The van der Waals surface area contributed by atoms with Gasteiger partial charge < -0.3 is 14.6 Å². The quantitative estimate of drug-likeness (QED) is 0.330. The summed E-state index contributed by atoms with van der Waals surface area (Å²) >= 11 is 0. The number of fused-ring (bicyclic) bond motifs is 5. The Morgan fingerprint density at radius 1 is 1.00 bits per heavy atom. The van der Waals surface area contributed by atoms with E-state index in [0.717, 1.165) is 55.1 Å². The number of methoxy groups -OCH3 is 1. The predicted molar refractivity (Wildman–Crippen MR) is 156 cm³/mol. The van der Waals surface area contributed by atoms with E-state index >= 15 is 0 Å². The Hall–Kier alpha value is -1.32. The van der Waals surface area contributed by atoms with Crippen molar-refractivity contribution in [1.82, 2.24) is 0 Å². The molecule has 0 radical (unpaired) electrons. The molecule has 4 saturated carbocycles. The van der Waals surface area contributed by atoms with Gasteiger partial charge in [0, 0.05) is 0 Å². The van der Waals surface area contributed by atoms with E-state index in [9.17, 15) is 5.11 Å². The third kappa shape index (κ3) is 4.89. The van der Waals surface area contributed by atoms with Gasteiger partial charge in [-0.3, -0.25) is 0 Å². The van der Waals surface area contributed by atoms with Crippen LogP contribution < -0.4 is 4.74 Å². The number of aliphatic hydroxyl groups is 1. The van der Waals surface area contributed by atoms with Crippen LogP contribution in [0.4, 0.5) is 0 Å². The van der Waals surface area contributed by atoms with Gasteiger partial charge in [0.15, 0.2) is 0 Å². The Bertz CT molecular complexity index is 956. The van der Waals surface area contributed by atoms with Gasteiger partial charge in [-0.05, 0) is 135 Å². The van der Waals surface area contributed by atoms with Crippen molar-refractivity contribution in [2.45, 2.75) is 117 Å². The van der Waals surface area contributed by atoms with E-state index in [-0.39, 0.29) is 6.10 Å². The van der Waals surface area contributed by atoms with Gasteiger partial charge in [-0.25, -0.2) is 0 Å². The molecule has 1 unspecified atom stereocenters. The minimum Gasteiger partial charge on any atom is -0.497 e. The maximum atomic E-state index is 11.1. The fourth-order valence-corrected chi connectivity index (χ4v) is 10.3. The molecule has 5 rings (SSSR count). The van der Waals surface area contributed by atoms with Gasteiger partial charge in [0.2, 0.25) is 0 Å². The van der Waals surface area contributed by atoms with Crippen molar-refractivity contribution in [3.63, 3.8) is 0 Å². The molecular weight excluding hydrogens is 468 g/mol. The third-order valence-electron chi connectivity index (χ3n) is 12.8. The maximum absolute atomic E-state index is 11.1. The molecule has 0 bridgehead atoms. The summed E-state index contributed by atoms with van der Waals surface area (Å²) < 4.78 is 12.0. The summed E-state index contributed by atoms with van der Waals surface area (Å²) in [4.78, 5) is 0. The molecule has 0 aromatic heterocycles. The van der Waals surface area contributed by atoms with Crippen molar-refractivity contribution in [2.75, 3.05) is 7.11 Å². The Morgan fingerprint density at radius 3 is 2.42 bits per heavy atom. The SMILES string of the molecule is C=CCC(OCc1ccc(OC)cc1)[C@@H](C)[C@H]1CC[C@H]2[C@@H]3CC[C@@H]4C[C@@](O)(CC)CC[C@]4(C)[C@H]3CC[C@]12C. The van der Waals surface area contributed by atoms with Gasteiger partial charge >= 0.3 is 0 Å². The summed E-state index contributed by atoms with van der Waals surface area (Å²) in [6.07, 6.45) is 15.6. The molecule has 3 heteroatoms. The summed E-state index contributed by atoms with van der Waals surface area (Å²) in [5, 5.41) is 11.1. The summed E-state index contributed by atoms with van der Waals surface area (Å²) in [5.41, 5.74) is 1.66. The van der Waals surface area contributed by atoms with Crippen molar-refractivity contribution in [3.8, 4) is 5.75 Å². The highest BCUT2D eigenvalue weighted by molar-refractivity contribution is 5.26. The fraction of sp³-hybridized carbons (Fsp3) is 0.771. The van der Waals surface area contributed by atoms with Crippen molar-refractivity contribution in [3.05, 3.63) is 42.5 Å². The van der Waals surface area contributed by atoms with E-state index in [1.54, 1.807) is 7.11 Å². The molecule has 0 heterocycles. The lowest BCUT2D eigenvalue weighted by Crippen LogP contribution is -2.56. The smallest absolute Gasteiger partial charge is 0.118 e. The molecule has 0 saturated heterocycles. The number of hydrogen-bond acceptors (Lipinski definition) is 3. The summed E-state index contributed by atoms with van der Waals surface area (Å²) in [7, 11) is 1.71. The van der Waals surface area contributed by atoms with Crippen LogP contribution in [0.25, 0.3) is 0 Å². The second-order valence-electron chi connectivity index (χ2n) is 14.2. The first kappa shape index (κ1) is 28.2. The molecule has 0 spiro atoms. The summed E-state index contributed by atoms with van der Waals surface area (Å²) in [6, 6.07) is 8.28. The Kier molecular flexibility index (Phi) is 8.11. The molecular formula is C35H54O3. The predicted octanol–water partition coefficient (Wildman–Crippen LogP) is 8.59. The summed E-state index contributed by atoms with van der Waals surface area (Å²) in [5.74, 6) is 5.43. The zero-order chi connectivity index (χ0) is 27.1. The molecule has 0 amide bonds. The Morgan fingerprint density at radius 2 is 1.74 bits per heavy atom. The Balaban J connectivity index is 1.28. The first-order valence-corrected chi connectivity index (χ1v) is 15.7. The lowest BCUT2D eigenvalue weighted by atomic mass is 9.43. The van der Waals surface area contributed by atoms with Crippen molar-refractivity contribution >= 4 is 0 Å². The zero-order valence-corrected chi connectivity index (χ0v) is 24.9. The van der Waals surface area contributed by atoms with Gasteiger partial charge in [-0.15, -0.1) is 6.58 Å². The average Bonchev–Trinajstić information content (AvgIpc) is 3.28. The normalized spacial score (nSPS) is 41.9. The minimum atomic E-state index is -0.403. The van der Waals surface area contributed by atoms with Crippen molar-refractivity contribution in [2.24, 2.45) is 46.3 Å². The van der Waals surface area contributed by atoms with Crippen LogP contribution in [-0.4, -0.2) is 23.9 Å². The van der Waals surface area contributed by atoms with Gasteiger partial charge in [0.05, 0.1) is 25.4 Å². The van der Waals surface area contributed by atoms with E-state index in [0.29, 0.717) is 29.3 Å². The van der Waals surface area contributed by atoms with Gasteiger partial charge in [-0.2, -0.15) is 0 Å². The third-order valence-corrected chi connectivity index (χ3v) is 12.8. The first-order valence-electron chi connectivity index (χ1n) is 15.7. The van der Waals surface area contributed by atoms with Crippen LogP contribution in [0.3, 0.4) is 0 Å². The van der Waals surface area contributed by atoms with Crippen molar-refractivity contribution in [1.29, 1.82) is 0 Å².